The van der Waals surface area contributed by atoms with Crippen molar-refractivity contribution < 1.29 is 13.9 Å². The molecule has 140 valence electrons. The molecule has 8 heteroatoms. The number of nitrogens with zero attached hydrogens (tertiary/aromatic N) is 3. The van der Waals surface area contributed by atoms with E-state index in [1.807, 2.05) is 0 Å². The van der Waals surface area contributed by atoms with Gasteiger partial charge in [0.25, 0.3) is 5.91 Å². The number of aryl methyl sites for hydroxylation is 1. The van der Waals surface area contributed by atoms with Gasteiger partial charge < -0.3 is 19.8 Å². The van der Waals surface area contributed by atoms with Gasteiger partial charge in [-0.2, -0.15) is 0 Å². The summed E-state index contributed by atoms with van der Waals surface area (Å²) in [6.45, 7) is 8.66. The number of hydrogen-bond donors (Lipinski definition) is 2. The van der Waals surface area contributed by atoms with E-state index < -0.39 is 0 Å². The van der Waals surface area contributed by atoms with Gasteiger partial charge in [0.1, 0.15) is 17.9 Å². The third-order valence-corrected chi connectivity index (χ3v) is 5.13. The van der Waals surface area contributed by atoms with E-state index in [0.717, 1.165) is 45.7 Å². The molecule has 3 heterocycles. The Balaban J connectivity index is 1.51. The molecule has 1 aliphatic carbocycles. The Bertz CT molecular complexity index is 809. The standard InChI is InChI=1S/C18H25N5O3/c1-12-13(16(24)19-5-6-23-7-9-25-10-8-23)14-15(22-18(2)3-4-18)20-11-21-17(14)26-12/h11H,3-10H2,1-2H3,(H,19,24)(H,20,21,22). The van der Waals surface area contributed by atoms with Crippen LogP contribution in [0, 0.1) is 6.92 Å². The Morgan fingerprint density at radius 1 is 1.31 bits per heavy atom. The van der Waals surface area contributed by atoms with Crippen molar-refractivity contribution in [1.82, 2.24) is 20.2 Å². The Morgan fingerprint density at radius 3 is 2.81 bits per heavy atom. The summed E-state index contributed by atoms with van der Waals surface area (Å²) in [4.78, 5) is 23.7. The predicted molar refractivity (Wildman–Crippen MR) is 97.4 cm³/mol. The summed E-state index contributed by atoms with van der Waals surface area (Å²) in [5.74, 6) is 1.09. The summed E-state index contributed by atoms with van der Waals surface area (Å²) in [7, 11) is 0. The number of hydrogen-bond acceptors (Lipinski definition) is 7. The molecule has 0 bridgehead atoms. The predicted octanol–water partition coefficient (Wildman–Crippen LogP) is 1.56. The van der Waals surface area contributed by atoms with Crippen LogP contribution in [0.4, 0.5) is 5.82 Å². The smallest absolute Gasteiger partial charge is 0.255 e. The van der Waals surface area contributed by atoms with E-state index in [4.69, 9.17) is 9.15 Å². The number of anilines is 1. The number of rotatable bonds is 6. The Labute approximate surface area is 152 Å². The molecule has 26 heavy (non-hydrogen) atoms. The van der Waals surface area contributed by atoms with Crippen molar-refractivity contribution in [1.29, 1.82) is 0 Å². The molecule has 2 aromatic rings. The molecule has 2 aromatic heterocycles. The van der Waals surface area contributed by atoms with Crippen LogP contribution in [0.1, 0.15) is 35.9 Å². The third kappa shape index (κ3) is 3.52. The summed E-state index contributed by atoms with van der Waals surface area (Å²) in [5.41, 5.74) is 1.02. The zero-order chi connectivity index (χ0) is 18.1. The third-order valence-electron chi connectivity index (χ3n) is 5.13. The lowest BCUT2D eigenvalue weighted by atomic mass is 10.1. The topological polar surface area (TPSA) is 92.5 Å². The van der Waals surface area contributed by atoms with Gasteiger partial charge in [0.05, 0.1) is 24.2 Å². The van der Waals surface area contributed by atoms with Gasteiger partial charge in [0.15, 0.2) is 0 Å². The van der Waals surface area contributed by atoms with Crippen LogP contribution < -0.4 is 10.6 Å². The quantitative estimate of drug-likeness (QED) is 0.808. The van der Waals surface area contributed by atoms with Crippen LogP contribution in [-0.2, 0) is 4.74 Å². The molecule has 0 spiro atoms. The Kier molecular flexibility index (Phi) is 4.54. The van der Waals surface area contributed by atoms with Gasteiger partial charge in [-0.3, -0.25) is 9.69 Å². The molecule has 1 saturated carbocycles. The van der Waals surface area contributed by atoms with Crippen molar-refractivity contribution >= 4 is 22.8 Å². The van der Waals surface area contributed by atoms with Gasteiger partial charge in [-0.05, 0) is 26.7 Å². The summed E-state index contributed by atoms with van der Waals surface area (Å²) in [6, 6.07) is 0. The second-order valence-corrected chi connectivity index (χ2v) is 7.33. The molecule has 4 rings (SSSR count). The minimum Gasteiger partial charge on any atom is -0.442 e. The first-order chi connectivity index (χ1) is 12.6. The molecule has 0 radical (unpaired) electrons. The fourth-order valence-electron chi connectivity index (χ4n) is 3.25. The second-order valence-electron chi connectivity index (χ2n) is 7.33. The van der Waals surface area contributed by atoms with E-state index in [-0.39, 0.29) is 11.4 Å². The maximum atomic E-state index is 12.8. The van der Waals surface area contributed by atoms with Crippen molar-refractivity contribution in [3.8, 4) is 0 Å². The minimum atomic E-state index is -0.145. The van der Waals surface area contributed by atoms with E-state index >= 15 is 0 Å². The van der Waals surface area contributed by atoms with E-state index in [9.17, 15) is 4.79 Å². The lowest BCUT2D eigenvalue weighted by Gasteiger charge is -2.26. The van der Waals surface area contributed by atoms with Gasteiger partial charge in [-0.15, -0.1) is 0 Å². The number of fused-ring (bicyclic) bond motifs is 1. The zero-order valence-corrected chi connectivity index (χ0v) is 15.3. The van der Waals surface area contributed by atoms with Gasteiger partial charge in [-0.25, -0.2) is 9.97 Å². The SMILES string of the molecule is Cc1oc2ncnc(NC3(C)CC3)c2c1C(=O)NCCN1CCOCC1. The number of aromatic nitrogens is 2. The average Bonchev–Trinajstić information content (AvgIpc) is 3.24. The van der Waals surface area contributed by atoms with E-state index in [0.29, 0.717) is 34.8 Å². The van der Waals surface area contributed by atoms with Crippen LogP contribution in [-0.4, -0.2) is 65.7 Å². The zero-order valence-electron chi connectivity index (χ0n) is 15.3. The van der Waals surface area contributed by atoms with E-state index in [2.05, 4.69) is 32.4 Å². The number of carbonyl (C=O) groups excluding carboxylic acids is 1. The lowest BCUT2D eigenvalue weighted by molar-refractivity contribution is 0.0383. The number of carbonyl (C=O) groups is 1. The van der Waals surface area contributed by atoms with Crippen LogP contribution in [0.3, 0.4) is 0 Å². The molecule has 2 fully saturated rings. The highest BCUT2D eigenvalue weighted by Gasteiger charge is 2.38. The van der Waals surface area contributed by atoms with E-state index in [1.165, 1.54) is 6.33 Å². The second kappa shape index (κ2) is 6.85. The molecule has 1 aliphatic heterocycles. The van der Waals surface area contributed by atoms with Gasteiger partial charge in [0.2, 0.25) is 5.71 Å². The Morgan fingerprint density at radius 2 is 2.08 bits per heavy atom. The molecular weight excluding hydrogens is 334 g/mol. The highest BCUT2D eigenvalue weighted by atomic mass is 16.5. The van der Waals surface area contributed by atoms with Gasteiger partial charge in [0, 0.05) is 31.7 Å². The maximum absolute atomic E-state index is 12.8. The summed E-state index contributed by atoms with van der Waals surface area (Å²) in [6.07, 6.45) is 3.66. The normalized spacial score (nSPS) is 19.5. The summed E-state index contributed by atoms with van der Waals surface area (Å²) < 4.78 is 11.1. The number of ether oxygens (including phenoxy) is 1. The van der Waals surface area contributed by atoms with Crippen molar-refractivity contribution in [3.05, 3.63) is 17.7 Å². The molecule has 2 aliphatic rings. The van der Waals surface area contributed by atoms with Crippen LogP contribution in [0.25, 0.3) is 11.1 Å². The summed E-state index contributed by atoms with van der Waals surface area (Å²) >= 11 is 0. The molecule has 1 amide bonds. The molecular formula is C18H25N5O3. The number of amides is 1. The maximum Gasteiger partial charge on any atom is 0.255 e. The fraction of sp³-hybridized carbons (Fsp3) is 0.611. The van der Waals surface area contributed by atoms with Crippen LogP contribution in [0.5, 0.6) is 0 Å². The Hall–Kier alpha value is -2.19. The van der Waals surface area contributed by atoms with Crippen LogP contribution >= 0.6 is 0 Å². The fourth-order valence-corrected chi connectivity index (χ4v) is 3.25. The molecule has 0 unspecified atom stereocenters. The van der Waals surface area contributed by atoms with E-state index in [1.54, 1.807) is 6.92 Å². The molecule has 0 atom stereocenters. The number of morpholine rings is 1. The van der Waals surface area contributed by atoms with Crippen molar-refractivity contribution in [2.75, 3.05) is 44.7 Å². The molecule has 1 saturated heterocycles. The molecule has 0 aromatic carbocycles. The first-order valence-electron chi connectivity index (χ1n) is 9.16. The molecule has 2 N–H and O–H groups in total. The monoisotopic (exact) mass is 359 g/mol. The van der Waals surface area contributed by atoms with Crippen molar-refractivity contribution in [2.24, 2.45) is 0 Å². The van der Waals surface area contributed by atoms with Gasteiger partial charge in [-0.1, -0.05) is 0 Å². The van der Waals surface area contributed by atoms with Crippen molar-refractivity contribution in [3.63, 3.8) is 0 Å². The first kappa shape index (κ1) is 17.2. The summed E-state index contributed by atoms with van der Waals surface area (Å²) in [5, 5.41) is 7.11. The number of nitrogens with one attached hydrogen (secondary N) is 2. The molecule has 8 nitrogen and oxygen atoms in total. The minimum absolute atomic E-state index is 0.0521. The van der Waals surface area contributed by atoms with Gasteiger partial charge >= 0.3 is 0 Å². The average molecular weight is 359 g/mol. The highest BCUT2D eigenvalue weighted by molar-refractivity contribution is 6.10. The lowest BCUT2D eigenvalue weighted by Crippen LogP contribution is -2.41. The largest absolute Gasteiger partial charge is 0.442 e. The van der Waals surface area contributed by atoms with Crippen molar-refractivity contribution in [2.45, 2.75) is 32.2 Å². The highest BCUT2D eigenvalue weighted by Crippen LogP contribution is 2.40. The van der Waals surface area contributed by atoms with Crippen LogP contribution in [0.15, 0.2) is 10.7 Å². The first-order valence-corrected chi connectivity index (χ1v) is 9.16. The van der Waals surface area contributed by atoms with Crippen LogP contribution in [0.2, 0.25) is 0 Å². The number of furan rings is 1.